The van der Waals surface area contributed by atoms with Crippen molar-refractivity contribution in [3.63, 3.8) is 0 Å². The Morgan fingerprint density at radius 3 is 2.60 bits per heavy atom. The number of nitrogens with zero attached hydrogens (tertiary/aromatic N) is 1. The second-order valence-corrected chi connectivity index (χ2v) is 4.33. The van der Waals surface area contributed by atoms with Crippen molar-refractivity contribution in [1.82, 2.24) is 4.90 Å². The van der Waals surface area contributed by atoms with E-state index in [1.165, 1.54) is 6.92 Å². The fourth-order valence-electron chi connectivity index (χ4n) is 1.85. The second kappa shape index (κ2) is 5.26. The van der Waals surface area contributed by atoms with Crippen LogP contribution in [0.2, 0.25) is 0 Å². The van der Waals surface area contributed by atoms with Gasteiger partial charge in [0.05, 0.1) is 6.10 Å². The van der Waals surface area contributed by atoms with E-state index >= 15 is 0 Å². The monoisotopic (exact) mass is 213 g/mol. The van der Waals surface area contributed by atoms with E-state index < -0.39 is 0 Å². The lowest BCUT2D eigenvalue weighted by molar-refractivity contribution is -0.132. The molecule has 1 aliphatic rings. The molecule has 1 amide bonds. The van der Waals surface area contributed by atoms with Crippen molar-refractivity contribution in [2.45, 2.75) is 39.2 Å². The van der Waals surface area contributed by atoms with E-state index in [0.717, 1.165) is 6.42 Å². The highest BCUT2D eigenvalue weighted by atomic mass is 16.3. The molecule has 0 aromatic carbocycles. The summed E-state index contributed by atoms with van der Waals surface area (Å²) >= 11 is 0. The lowest BCUT2D eigenvalue weighted by Crippen LogP contribution is -2.30. The van der Waals surface area contributed by atoms with E-state index in [2.05, 4.69) is 0 Å². The van der Waals surface area contributed by atoms with Crippen molar-refractivity contribution in [2.75, 3.05) is 13.1 Å². The number of amides is 1. The van der Waals surface area contributed by atoms with E-state index in [4.69, 9.17) is 0 Å². The number of likely N-dealkylation sites (tertiary alicyclic amines) is 1. The zero-order chi connectivity index (χ0) is 11.4. The first kappa shape index (κ1) is 12.2. The molecule has 1 rings (SSSR count). The molecule has 0 bridgehead atoms. The predicted molar refractivity (Wildman–Crippen MR) is 56.3 cm³/mol. The van der Waals surface area contributed by atoms with E-state index in [1.807, 2.05) is 0 Å². The quantitative estimate of drug-likeness (QED) is 0.743. The van der Waals surface area contributed by atoms with Gasteiger partial charge in [-0.2, -0.15) is 0 Å². The van der Waals surface area contributed by atoms with Gasteiger partial charge in [-0.05, 0) is 20.3 Å². The molecule has 1 saturated heterocycles. The number of aliphatic hydroxyl groups excluding tert-OH is 1. The van der Waals surface area contributed by atoms with Gasteiger partial charge in [0.1, 0.15) is 5.78 Å². The van der Waals surface area contributed by atoms with Crippen LogP contribution in [0.3, 0.4) is 0 Å². The van der Waals surface area contributed by atoms with Crippen LogP contribution in [0.15, 0.2) is 0 Å². The van der Waals surface area contributed by atoms with Gasteiger partial charge in [0, 0.05) is 31.8 Å². The van der Waals surface area contributed by atoms with E-state index in [1.54, 1.807) is 11.8 Å². The maximum atomic E-state index is 11.6. The van der Waals surface area contributed by atoms with E-state index in [0.29, 0.717) is 25.9 Å². The summed E-state index contributed by atoms with van der Waals surface area (Å²) in [4.78, 5) is 24.1. The lowest BCUT2D eigenvalue weighted by Gasteiger charge is -2.17. The highest BCUT2D eigenvalue weighted by Gasteiger charge is 2.28. The number of rotatable bonds is 4. The smallest absolute Gasteiger partial charge is 0.223 e. The molecule has 1 fully saturated rings. The van der Waals surface area contributed by atoms with Gasteiger partial charge in [-0.25, -0.2) is 0 Å². The summed E-state index contributed by atoms with van der Waals surface area (Å²) in [6, 6.07) is 0. The first-order chi connectivity index (χ1) is 7.00. The molecule has 1 aliphatic heterocycles. The molecule has 2 unspecified atom stereocenters. The minimum atomic E-state index is -0.351. The zero-order valence-electron chi connectivity index (χ0n) is 9.40. The van der Waals surface area contributed by atoms with E-state index in [9.17, 15) is 14.7 Å². The molecule has 2 atom stereocenters. The van der Waals surface area contributed by atoms with Gasteiger partial charge in [0.15, 0.2) is 0 Å². The average Bonchev–Trinajstić information content (AvgIpc) is 2.62. The van der Waals surface area contributed by atoms with Crippen LogP contribution in [-0.4, -0.2) is 40.9 Å². The molecule has 0 saturated carbocycles. The fourth-order valence-corrected chi connectivity index (χ4v) is 1.85. The van der Waals surface area contributed by atoms with Gasteiger partial charge >= 0.3 is 0 Å². The van der Waals surface area contributed by atoms with Crippen molar-refractivity contribution in [2.24, 2.45) is 5.92 Å². The van der Waals surface area contributed by atoms with Gasteiger partial charge in [0.25, 0.3) is 0 Å². The molecule has 1 N–H and O–H groups in total. The molecule has 4 nitrogen and oxygen atoms in total. The third-order valence-corrected chi connectivity index (χ3v) is 2.95. The Hall–Kier alpha value is -0.900. The summed E-state index contributed by atoms with van der Waals surface area (Å²) in [6.07, 6.45) is 1.15. The SMILES string of the molecule is CC(=O)CCC(=O)N1CCC(C(C)O)C1. The molecule has 0 aromatic heterocycles. The molecule has 15 heavy (non-hydrogen) atoms. The minimum Gasteiger partial charge on any atom is -0.393 e. The van der Waals surface area contributed by atoms with Gasteiger partial charge in [-0.3, -0.25) is 4.79 Å². The number of hydrogen-bond acceptors (Lipinski definition) is 3. The van der Waals surface area contributed by atoms with Crippen molar-refractivity contribution < 1.29 is 14.7 Å². The van der Waals surface area contributed by atoms with E-state index in [-0.39, 0.29) is 23.7 Å². The van der Waals surface area contributed by atoms with Crippen molar-refractivity contribution >= 4 is 11.7 Å². The summed E-state index contributed by atoms with van der Waals surface area (Å²) in [5.41, 5.74) is 0. The highest BCUT2D eigenvalue weighted by molar-refractivity contribution is 5.83. The Morgan fingerprint density at radius 2 is 2.13 bits per heavy atom. The Bertz CT molecular complexity index is 250. The van der Waals surface area contributed by atoms with Crippen molar-refractivity contribution in [1.29, 1.82) is 0 Å². The fraction of sp³-hybridized carbons (Fsp3) is 0.818. The largest absolute Gasteiger partial charge is 0.393 e. The van der Waals surface area contributed by atoms with Crippen LogP contribution in [0.1, 0.15) is 33.1 Å². The predicted octanol–water partition coefficient (Wildman–Crippen LogP) is 0.585. The standard InChI is InChI=1S/C11H19NO3/c1-8(13)3-4-11(15)12-6-5-10(7-12)9(2)14/h9-10,14H,3-7H2,1-2H3. The summed E-state index contributed by atoms with van der Waals surface area (Å²) in [5.74, 6) is 0.286. The lowest BCUT2D eigenvalue weighted by atomic mass is 10.0. The molecule has 0 aromatic rings. The Labute approximate surface area is 90.3 Å². The first-order valence-corrected chi connectivity index (χ1v) is 5.46. The molecule has 1 heterocycles. The number of hydrogen-bond donors (Lipinski definition) is 1. The number of aliphatic hydroxyl groups is 1. The van der Waals surface area contributed by atoms with Gasteiger partial charge in [0.2, 0.25) is 5.91 Å². The van der Waals surface area contributed by atoms with Crippen LogP contribution in [0, 0.1) is 5.92 Å². The molecular formula is C11H19NO3. The zero-order valence-corrected chi connectivity index (χ0v) is 9.40. The van der Waals surface area contributed by atoms with Crippen LogP contribution in [0.25, 0.3) is 0 Å². The molecule has 0 spiro atoms. The Balaban J connectivity index is 2.33. The number of ketones is 1. The van der Waals surface area contributed by atoms with Crippen molar-refractivity contribution in [3.8, 4) is 0 Å². The average molecular weight is 213 g/mol. The molecule has 0 aliphatic carbocycles. The second-order valence-electron chi connectivity index (χ2n) is 4.33. The highest BCUT2D eigenvalue weighted by Crippen LogP contribution is 2.20. The van der Waals surface area contributed by atoms with Gasteiger partial charge in [-0.1, -0.05) is 0 Å². The molecular weight excluding hydrogens is 194 g/mol. The summed E-state index contributed by atoms with van der Waals surface area (Å²) in [7, 11) is 0. The summed E-state index contributed by atoms with van der Waals surface area (Å²) < 4.78 is 0. The topological polar surface area (TPSA) is 57.6 Å². The summed E-state index contributed by atoms with van der Waals surface area (Å²) in [5, 5.41) is 9.38. The first-order valence-electron chi connectivity index (χ1n) is 5.46. The number of carbonyl (C=O) groups excluding carboxylic acids is 2. The summed E-state index contributed by atoms with van der Waals surface area (Å²) in [6.45, 7) is 4.60. The molecule has 4 heteroatoms. The van der Waals surface area contributed by atoms with Gasteiger partial charge < -0.3 is 14.8 Å². The molecule has 86 valence electrons. The Kier molecular flexibility index (Phi) is 4.27. The number of carbonyl (C=O) groups is 2. The third kappa shape index (κ3) is 3.63. The normalized spacial score (nSPS) is 22.9. The third-order valence-electron chi connectivity index (χ3n) is 2.95. The maximum Gasteiger partial charge on any atom is 0.223 e. The van der Waals surface area contributed by atoms with Crippen LogP contribution < -0.4 is 0 Å². The maximum absolute atomic E-state index is 11.6. The van der Waals surface area contributed by atoms with Crippen LogP contribution in [0.4, 0.5) is 0 Å². The van der Waals surface area contributed by atoms with Crippen LogP contribution in [0.5, 0.6) is 0 Å². The van der Waals surface area contributed by atoms with Gasteiger partial charge in [-0.15, -0.1) is 0 Å². The molecule has 0 radical (unpaired) electrons. The van der Waals surface area contributed by atoms with Crippen molar-refractivity contribution in [3.05, 3.63) is 0 Å². The Morgan fingerprint density at radius 1 is 1.47 bits per heavy atom. The van der Waals surface area contributed by atoms with Crippen LogP contribution in [-0.2, 0) is 9.59 Å². The minimum absolute atomic E-state index is 0.0355. The number of Topliss-reactive ketones (excluding diaryl/α,β-unsaturated/α-hetero) is 1. The van der Waals surface area contributed by atoms with Crippen LogP contribution >= 0.6 is 0 Å².